The zero-order valence-electron chi connectivity index (χ0n) is 34.6. The largest absolute Gasteiger partial charge is 0.456 e. The van der Waals surface area contributed by atoms with Gasteiger partial charge in [-0.2, -0.15) is 0 Å². The standard InChI is InChI=1S/C62H36OS/c1-2-15-37(16-3-1)58-43-19-6-8-21-45(43)60(46-22-9-7-20-44(46)58)41-29-31-42-51-27-14-28-52(62(51)64-57(42)36-41)61-49-25-12-10-23-47(49)59(48-24-11-13-26-50(48)61)40-30-32-55-53(34-40)54-33-38-17-4-5-18-39(38)35-56(54)63-55/h1-36H. The van der Waals surface area contributed by atoms with Crippen LogP contribution in [-0.4, -0.2) is 0 Å². The van der Waals surface area contributed by atoms with E-state index in [2.05, 4.69) is 218 Å². The molecule has 0 aliphatic heterocycles. The van der Waals surface area contributed by atoms with Crippen molar-refractivity contribution in [3.63, 3.8) is 0 Å². The van der Waals surface area contributed by atoms with E-state index in [0.29, 0.717) is 0 Å². The summed E-state index contributed by atoms with van der Waals surface area (Å²) >= 11 is 1.91. The monoisotopic (exact) mass is 828 g/mol. The van der Waals surface area contributed by atoms with Crippen LogP contribution in [0.25, 0.3) is 140 Å². The van der Waals surface area contributed by atoms with E-state index in [9.17, 15) is 0 Å². The molecule has 1 nitrogen and oxygen atoms in total. The van der Waals surface area contributed by atoms with Gasteiger partial charge in [-0.15, -0.1) is 11.3 Å². The number of benzene rings is 12. The average Bonchev–Trinajstić information content (AvgIpc) is 3.91. The summed E-state index contributed by atoms with van der Waals surface area (Å²) in [5.41, 5.74) is 11.9. The lowest BCUT2D eigenvalue weighted by Crippen LogP contribution is -1.91. The predicted octanol–water partition coefficient (Wildman–Crippen LogP) is 18.4. The fourth-order valence-corrected chi connectivity index (χ4v) is 12.1. The van der Waals surface area contributed by atoms with Crippen LogP contribution in [0.4, 0.5) is 0 Å². The molecule has 296 valence electrons. The quantitative estimate of drug-likeness (QED) is 0.161. The van der Waals surface area contributed by atoms with Gasteiger partial charge in [0, 0.05) is 36.5 Å². The van der Waals surface area contributed by atoms with Crippen LogP contribution in [0, 0.1) is 0 Å². The van der Waals surface area contributed by atoms with Gasteiger partial charge in [-0.25, -0.2) is 0 Å². The van der Waals surface area contributed by atoms with Crippen LogP contribution in [0.15, 0.2) is 223 Å². The van der Waals surface area contributed by atoms with E-state index in [-0.39, 0.29) is 0 Å². The van der Waals surface area contributed by atoms with E-state index >= 15 is 0 Å². The summed E-state index contributed by atoms with van der Waals surface area (Å²) in [5.74, 6) is 0. The Labute approximate surface area is 372 Å². The Hall–Kier alpha value is -8.04. The van der Waals surface area contributed by atoms with Crippen LogP contribution in [0.2, 0.25) is 0 Å². The highest BCUT2D eigenvalue weighted by atomic mass is 32.1. The van der Waals surface area contributed by atoms with Crippen molar-refractivity contribution in [2.45, 2.75) is 0 Å². The molecule has 0 N–H and O–H groups in total. The zero-order chi connectivity index (χ0) is 41.9. The van der Waals surface area contributed by atoms with Crippen LogP contribution in [0.3, 0.4) is 0 Å². The summed E-state index contributed by atoms with van der Waals surface area (Å²) in [4.78, 5) is 0. The number of fused-ring (bicyclic) bond motifs is 11. The van der Waals surface area contributed by atoms with Gasteiger partial charge in [-0.3, -0.25) is 0 Å². The third kappa shape index (κ3) is 5.18. The molecule has 0 aliphatic carbocycles. The maximum absolute atomic E-state index is 6.46. The second-order valence-corrected chi connectivity index (χ2v) is 18.1. The van der Waals surface area contributed by atoms with E-state index in [1.165, 1.54) is 119 Å². The first-order valence-electron chi connectivity index (χ1n) is 22.0. The molecule has 12 aromatic carbocycles. The second-order valence-electron chi connectivity index (χ2n) is 17.1. The lowest BCUT2D eigenvalue weighted by atomic mass is 9.85. The Balaban J connectivity index is 0.982. The third-order valence-corrected chi connectivity index (χ3v) is 14.8. The molecule has 0 fully saturated rings. The number of rotatable bonds is 4. The molecule has 14 rings (SSSR count). The molecule has 14 aromatic rings. The first-order valence-corrected chi connectivity index (χ1v) is 22.8. The zero-order valence-corrected chi connectivity index (χ0v) is 35.4. The normalized spacial score (nSPS) is 12.1. The van der Waals surface area contributed by atoms with Crippen molar-refractivity contribution in [3.05, 3.63) is 218 Å². The lowest BCUT2D eigenvalue weighted by molar-refractivity contribution is 0.669. The maximum Gasteiger partial charge on any atom is 0.136 e. The molecule has 64 heavy (non-hydrogen) atoms. The van der Waals surface area contributed by atoms with Crippen LogP contribution < -0.4 is 0 Å². The molecule has 2 heteroatoms. The van der Waals surface area contributed by atoms with Gasteiger partial charge in [-0.1, -0.05) is 188 Å². The summed E-state index contributed by atoms with van der Waals surface area (Å²) in [6, 6.07) is 80.5. The highest BCUT2D eigenvalue weighted by Crippen LogP contribution is 2.50. The first-order chi connectivity index (χ1) is 31.7. The Bertz CT molecular complexity index is 4130. The number of furan rings is 1. The number of hydrogen-bond acceptors (Lipinski definition) is 2. The van der Waals surface area contributed by atoms with E-state index in [4.69, 9.17) is 4.42 Å². The number of hydrogen-bond donors (Lipinski definition) is 0. The van der Waals surface area contributed by atoms with Crippen molar-refractivity contribution in [2.24, 2.45) is 0 Å². The molecule has 0 saturated carbocycles. The Morgan fingerprint density at radius 2 is 0.734 bits per heavy atom. The van der Waals surface area contributed by atoms with Gasteiger partial charge in [0.1, 0.15) is 11.2 Å². The van der Waals surface area contributed by atoms with E-state index in [1.807, 2.05) is 11.3 Å². The number of thiophene rings is 1. The van der Waals surface area contributed by atoms with Crippen LogP contribution in [-0.2, 0) is 0 Å². The maximum atomic E-state index is 6.46. The van der Waals surface area contributed by atoms with Crippen molar-refractivity contribution in [2.75, 3.05) is 0 Å². The van der Waals surface area contributed by atoms with Crippen molar-refractivity contribution in [3.8, 4) is 44.5 Å². The highest BCUT2D eigenvalue weighted by Gasteiger charge is 2.22. The van der Waals surface area contributed by atoms with Crippen LogP contribution >= 0.6 is 11.3 Å². The van der Waals surface area contributed by atoms with Crippen LogP contribution in [0.1, 0.15) is 0 Å². The van der Waals surface area contributed by atoms with Crippen LogP contribution in [0.5, 0.6) is 0 Å². The van der Waals surface area contributed by atoms with Gasteiger partial charge in [0.15, 0.2) is 0 Å². The SMILES string of the molecule is c1ccc(-c2c3ccccc3c(-c3ccc4c(c3)sc3c(-c5c6ccccc6c(-c6ccc7oc8cc9ccccc9cc8c7c6)c6ccccc56)cccc34)c3ccccc23)cc1. The Morgan fingerprint density at radius 3 is 1.34 bits per heavy atom. The molecule has 0 amide bonds. The summed E-state index contributed by atoms with van der Waals surface area (Å²) in [6.45, 7) is 0. The molecule has 0 atom stereocenters. The summed E-state index contributed by atoms with van der Waals surface area (Å²) in [7, 11) is 0. The van der Waals surface area contributed by atoms with Crippen molar-refractivity contribution < 1.29 is 4.42 Å². The summed E-state index contributed by atoms with van der Waals surface area (Å²) in [5, 5.41) is 17.3. The van der Waals surface area contributed by atoms with Gasteiger partial charge < -0.3 is 4.42 Å². The molecule has 0 unspecified atom stereocenters. The topological polar surface area (TPSA) is 13.1 Å². The molecule has 0 spiro atoms. The van der Waals surface area contributed by atoms with E-state index in [0.717, 1.165) is 21.9 Å². The van der Waals surface area contributed by atoms with Crippen molar-refractivity contribution in [1.29, 1.82) is 0 Å². The minimum Gasteiger partial charge on any atom is -0.456 e. The first kappa shape index (κ1) is 35.5. The molecule has 0 aliphatic rings. The molecular formula is C62H36OS. The lowest BCUT2D eigenvalue weighted by Gasteiger charge is -2.18. The minimum absolute atomic E-state index is 0.907. The van der Waals surface area contributed by atoms with E-state index < -0.39 is 0 Å². The minimum atomic E-state index is 0.907. The van der Waals surface area contributed by atoms with Gasteiger partial charge >= 0.3 is 0 Å². The van der Waals surface area contributed by atoms with Gasteiger partial charge in [-0.05, 0) is 123 Å². The van der Waals surface area contributed by atoms with Gasteiger partial charge in [0.05, 0.1) is 0 Å². The molecule has 0 bridgehead atoms. The fraction of sp³-hybridized carbons (Fsp3) is 0. The van der Waals surface area contributed by atoms with E-state index in [1.54, 1.807) is 0 Å². The van der Waals surface area contributed by atoms with Crippen molar-refractivity contribution in [1.82, 2.24) is 0 Å². The fourth-order valence-electron chi connectivity index (χ4n) is 10.9. The molecule has 0 radical (unpaired) electrons. The smallest absolute Gasteiger partial charge is 0.136 e. The second kappa shape index (κ2) is 13.7. The summed E-state index contributed by atoms with van der Waals surface area (Å²) in [6.07, 6.45) is 0. The van der Waals surface area contributed by atoms with Gasteiger partial charge in [0.25, 0.3) is 0 Å². The molecular weight excluding hydrogens is 793 g/mol. The predicted molar refractivity (Wildman–Crippen MR) is 276 cm³/mol. The highest BCUT2D eigenvalue weighted by molar-refractivity contribution is 7.26. The average molecular weight is 829 g/mol. The molecule has 2 aromatic heterocycles. The Kier molecular flexibility index (Phi) is 7.63. The molecule has 0 saturated heterocycles. The Morgan fingerprint density at radius 1 is 0.266 bits per heavy atom. The third-order valence-electron chi connectivity index (χ3n) is 13.6. The van der Waals surface area contributed by atoms with Gasteiger partial charge in [0.2, 0.25) is 0 Å². The summed E-state index contributed by atoms with van der Waals surface area (Å²) < 4.78 is 9.06. The molecule has 2 heterocycles. The van der Waals surface area contributed by atoms with Crippen molar-refractivity contribution >= 4 is 107 Å².